The Morgan fingerprint density at radius 3 is 2.61 bits per heavy atom. The number of benzene rings is 2. The van der Waals surface area contributed by atoms with E-state index in [1.165, 1.54) is 5.56 Å². The molecule has 0 saturated carbocycles. The van der Waals surface area contributed by atoms with E-state index in [9.17, 15) is 9.59 Å². The number of fused-ring (bicyclic) bond motifs is 1. The third-order valence-electron chi connectivity index (χ3n) is 5.98. The van der Waals surface area contributed by atoms with Crippen molar-refractivity contribution < 1.29 is 14.3 Å². The van der Waals surface area contributed by atoms with Crippen LogP contribution in [0.5, 0.6) is 5.75 Å². The molecule has 0 spiro atoms. The van der Waals surface area contributed by atoms with Crippen molar-refractivity contribution in [1.82, 2.24) is 15.2 Å². The lowest BCUT2D eigenvalue weighted by molar-refractivity contribution is -0.131. The first-order valence-corrected chi connectivity index (χ1v) is 11.4. The predicted octanol–water partition coefficient (Wildman–Crippen LogP) is 4.05. The van der Waals surface area contributed by atoms with Gasteiger partial charge in [0.05, 0.1) is 18.3 Å². The number of nitrogens with zero attached hydrogens (tertiary/aromatic N) is 2. The number of hydrogen-bond acceptors (Lipinski definition) is 4. The topological polar surface area (TPSA) is 71.5 Å². The van der Waals surface area contributed by atoms with Crippen molar-refractivity contribution in [3.8, 4) is 5.75 Å². The van der Waals surface area contributed by atoms with Crippen LogP contribution in [0.25, 0.3) is 0 Å². The van der Waals surface area contributed by atoms with Gasteiger partial charge in [0.15, 0.2) is 6.10 Å². The summed E-state index contributed by atoms with van der Waals surface area (Å²) in [6.45, 7) is 4.57. The van der Waals surface area contributed by atoms with Crippen molar-refractivity contribution >= 4 is 11.8 Å². The Morgan fingerprint density at radius 1 is 1.12 bits per heavy atom. The zero-order valence-corrected chi connectivity index (χ0v) is 19.0. The van der Waals surface area contributed by atoms with Gasteiger partial charge < -0.3 is 15.0 Å². The Labute approximate surface area is 194 Å². The van der Waals surface area contributed by atoms with Gasteiger partial charge >= 0.3 is 0 Å². The fraction of sp³-hybridized carbons (Fsp3) is 0.296. The van der Waals surface area contributed by atoms with Crippen LogP contribution in [0.4, 0.5) is 0 Å². The molecule has 1 aliphatic rings. The maximum absolute atomic E-state index is 12.8. The molecule has 2 heterocycles. The molecule has 6 heteroatoms. The van der Waals surface area contributed by atoms with Crippen LogP contribution in [0.1, 0.15) is 48.7 Å². The van der Waals surface area contributed by atoms with Crippen molar-refractivity contribution in [3.05, 3.63) is 95.3 Å². The van der Waals surface area contributed by atoms with Crippen LogP contribution >= 0.6 is 0 Å². The summed E-state index contributed by atoms with van der Waals surface area (Å²) in [5, 5.41) is 2.91. The molecular weight excluding hydrogens is 414 g/mol. The average Bonchev–Trinajstić information content (AvgIpc) is 2.86. The summed E-state index contributed by atoms with van der Waals surface area (Å²) >= 11 is 0. The normalized spacial score (nSPS) is 15.9. The maximum atomic E-state index is 12.8. The van der Waals surface area contributed by atoms with Crippen LogP contribution in [-0.4, -0.2) is 34.3 Å². The van der Waals surface area contributed by atoms with Crippen molar-refractivity contribution in [2.75, 3.05) is 6.54 Å². The van der Waals surface area contributed by atoms with Gasteiger partial charge in [0.1, 0.15) is 5.75 Å². The maximum Gasteiger partial charge on any atom is 0.261 e. The predicted molar refractivity (Wildman–Crippen MR) is 127 cm³/mol. The monoisotopic (exact) mass is 443 g/mol. The van der Waals surface area contributed by atoms with Crippen LogP contribution < -0.4 is 10.1 Å². The highest BCUT2D eigenvalue weighted by Gasteiger charge is 2.31. The highest BCUT2D eigenvalue weighted by molar-refractivity contribution is 5.81. The Hall–Kier alpha value is -3.67. The number of pyridine rings is 1. The Balaban J connectivity index is 1.55. The van der Waals surface area contributed by atoms with E-state index in [0.717, 1.165) is 23.2 Å². The van der Waals surface area contributed by atoms with Gasteiger partial charge in [-0.1, -0.05) is 49.4 Å². The summed E-state index contributed by atoms with van der Waals surface area (Å²) in [7, 11) is 0. The summed E-state index contributed by atoms with van der Waals surface area (Å²) in [6, 6.07) is 21.4. The lowest BCUT2D eigenvalue weighted by atomic mass is 9.88. The average molecular weight is 444 g/mol. The smallest absolute Gasteiger partial charge is 0.261 e. The highest BCUT2D eigenvalue weighted by atomic mass is 16.5. The number of nitrogens with one attached hydrogen (secondary N) is 1. The zero-order valence-electron chi connectivity index (χ0n) is 19.0. The number of carbonyl (C=O) groups is 2. The summed E-state index contributed by atoms with van der Waals surface area (Å²) in [6.07, 6.45) is 2.41. The number of carbonyl (C=O) groups excluding carboxylic acids is 2. The van der Waals surface area contributed by atoms with Crippen molar-refractivity contribution in [2.24, 2.45) is 0 Å². The first kappa shape index (κ1) is 22.5. The number of aromatic nitrogens is 1. The number of hydrogen-bond donors (Lipinski definition) is 1. The molecule has 0 unspecified atom stereocenters. The van der Waals surface area contributed by atoms with E-state index in [4.69, 9.17) is 4.74 Å². The van der Waals surface area contributed by atoms with Gasteiger partial charge in [-0.15, -0.1) is 0 Å². The van der Waals surface area contributed by atoms with E-state index in [2.05, 4.69) is 16.4 Å². The summed E-state index contributed by atoms with van der Waals surface area (Å²) in [4.78, 5) is 31.3. The Morgan fingerprint density at radius 2 is 1.91 bits per heavy atom. The minimum absolute atomic E-state index is 0.0427. The zero-order chi connectivity index (χ0) is 23.2. The largest absolute Gasteiger partial charge is 0.481 e. The SMILES string of the molecule is CC[C@@H](Oc1ccc2c(c1)[C@@H](c1ccccc1)N(C(C)=O)CC2)C(=O)NCc1ccccn1. The van der Waals surface area contributed by atoms with Crippen LogP contribution in [-0.2, 0) is 22.6 Å². The summed E-state index contributed by atoms with van der Waals surface area (Å²) in [5.41, 5.74) is 4.10. The van der Waals surface area contributed by atoms with E-state index >= 15 is 0 Å². The molecule has 6 nitrogen and oxygen atoms in total. The van der Waals surface area contributed by atoms with Gasteiger partial charge in [-0.25, -0.2) is 0 Å². The van der Waals surface area contributed by atoms with Gasteiger partial charge in [0.25, 0.3) is 5.91 Å². The molecule has 2 aromatic carbocycles. The van der Waals surface area contributed by atoms with Gasteiger partial charge in [0, 0.05) is 19.7 Å². The second kappa shape index (κ2) is 10.3. The molecule has 0 saturated heterocycles. The van der Waals surface area contributed by atoms with Gasteiger partial charge in [-0.3, -0.25) is 14.6 Å². The molecule has 2 amide bonds. The van der Waals surface area contributed by atoms with E-state index in [0.29, 0.717) is 25.3 Å². The second-order valence-electron chi connectivity index (χ2n) is 8.19. The quantitative estimate of drug-likeness (QED) is 0.598. The van der Waals surface area contributed by atoms with Gasteiger partial charge in [-0.05, 0) is 53.8 Å². The second-order valence-corrected chi connectivity index (χ2v) is 8.19. The first-order valence-electron chi connectivity index (χ1n) is 11.4. The summed E-state index contributed by atoms with van der Waals surface area (Å²) < 4.78 is 6.12. The molecule has 170 valence electrons. The molecule has 0 aliphatic carbocycles. The fourth-order valence-corrected chi connectivity index (χ4v) is 4.28. The molecule has 1 aliphatic heterocycles. The van der Waals surface area contributed by atoms with Crippen LogP contribution in [0.3, 0.4) is 0 Å². The molecule has 1 aromatic heterocycles. The molecule has 0 fully saturated rings. The van der Waals surface area contributed by atoms with E-state index in [1.807, 2.05) is 72.5 Å². The van der Waals surface area contributed by atoms with Crippen LogP contribution in [0.15, 0.2) is 72.9 Å². The molecule has 2 atom stereocenters. The van der Waals surface area contributed by atoms with Crippen LogP contribution in [0.2, 0.25) is 0 Å². The third-order valence-corrected chi connectivity index (χ3v) is 5.98. The highest BCUT2D eigenvalue weighted by Crippen LogP contribution is 2.37. The van der Waals surface area contributed by atoms with E-state index in [1.54, 1.807) is 13.1 Å². The molecular formula is C27H29N3O3. The Kier molecular flexibility index (Phi) is 7.03. The fourth-order valence-electron chi connectivity index (χ4n) is 4.28. The number of rotatable bonds is 7. The first-order chi connectivity index (χ1) is 16.1. The molecule has 0 bridgehead atoms. The minimum Gasteiger partial charge on any atom is -0.481 e. The molecule has 33 heavy (non-hydrogen) atoms. The molecule has 3 aromatic rings. The van der Waals surface area contributed by atoms with Crippen LogP contribution in [0, 0.1) is 0 Å². The molecule has 4 rings (SSSR count). The number of ether oxygens (including phenoxy) is 1. The molecule has 0 radical (unpaired) electrons. The van der Waals surface area contributed by atoms with Crippen molar-refractivity contribution in [3.63, 3.8) is 0 Å². The lowest BCUT2D eigenvalue weighted by Gasteiger charge is -2.37. The van der Waals surface area contributed by atoms with E-state index in [-0.39, 0.29) is 17.9 Å². The lowest BCUT2D eigenvalue weighted by Crippen LogP contribution is -2.39. The van der Waals surface area contributed by atoms with Crippen molar-refractivity contribution in [2.45, 2.75) is 45.4 Å². The summed E-state index contributed by atoms with van der Waals surface area (Å²) in [5.74, 6) is 0.493. The van der Waals surface area contributed by atoms with Gasteiger partial charge in [-0.2, -0.15) is 0 Å². The van der Waals surface area contributed by atoms with E-state index < -0.39 is 6.10 Å². The van der Waals surface area contributed by atoms with Gasteiger partial charge in [0.2, 0.25) is 5.91 Å². The third kappa shape index (κ3) is 5.22. The Bertz CT molecular complexity index is 1100. The standard InChI is InChI=1S/C27H29N3O3/c1-3-25(27(32)29-18-22-11-7-8-15-28-22)33-23-13-12-20-14-16-30(19(2)31)26(24(20)17-23)21-9-5-4-6-10-21/h4-13,15,17,25-26H,3,14,16,18H2,1-2H3,(H,29,32)/t25-,26-/m1/s1. The van der Waals surface area contributed by atoms with Crippen molar-refractivity contribution in [1.29, 1.82) is 0 Å². The minimum atomic E-state index is -0.616. The molecule has 1 N–H and O–H groups in total. The number of amides is 2.